The van der Waals surface area contributed by atoms with Gasteiger partial charge in [-0.15, -0.1) is 0 Å². The molecular formula is C9H5F4NO2. The van der Waals surface area contributed by atoms with Gasteiger partial charge in [0.15, 0.2) is 16.8 Å². The molecule has 86 valence electrons. The summed E-state index contributed by atoms with van der Waals surface area (Å²) in [5, 5.41) is 0. The maximum atomic E-state index is 12.3. The van der Waals surface area contributed by atoms with E-state index in [4.69, 9.17) is 0 Å². The number of alkyl halides is 4. The predicted octanol–water partition coefficient (Wildman–Crippen LogP) is 3.37. The molecule has 0 saturated heterocycles. The van der Waals surface area contributed by atoms with Gasteiger partial charge in [-0.05, 0) is 12.1 Å². The van der Waals surface area contributed by atoms with Crippen LogP contribution in [0.4, 0.5) is 17.6 Å². The van der Waals surface area contributed by atoms with Crippen LogP contribution >= 0.6 is 0 Å². The van der Waals surface area contributed by atoms with Crippen molar-refractivity contribution < 1.29 is 26.7 Å². The Bertz CT molecular complexity index is 497. The van der Waals surface area contributed by atoms with Gasteiger partial charge in [0.1, 0.15) is 0 Å². The third-order valence-corrected chi connectivity index (χ3v) is 1.80. The monoisotopic (exact) mass is 235 g/mol. The lowest BCUT2D eigenvalue weighted by Crippen LogP contribution is -2.02. The van der Waals surface area contributed by atoms with Crippen molar-refractivity contribution in [3.05, 3.63) is 24.1 Å². The summed E-state index contributed by atoms with van der Waals surface area (Å²) in [6.45, 7) is -3.04. The third-order valence-electron chi connectivity index (χ3n) is 1.80. The number of benzene rings is 1. The lowest BCUT2D eigenvalue weighted by Gasteiger charge is -2.02. The van der Waals surface area contributed by atoms with Gasteiger partial charge in [-0.1, -0.05) is 6.07 Å². The first-order chi connectivity index (χ1) is 7.58. The van der Waals surface area contributed by atoms with Crippen LogP contribution in [0.25, 0.3) is 11.1 Å². The van der Waals surface area contributed by atoms with Crippen LogP contribution in [0.3, 0.4) is 0 Å². The van der Waals surface area contributed by atoms with Crippen molar-refractivity contribution in [2.45, 2.75) is 13.0 Å². The molecule has 0 saturated carbocycles. The number of oxazole rings is 1. The molecule has 0 bridgehead atoms. The van der Waals surface area contributed by atoms with Crippen LogP contribution in [0.15, 0.2) is 22.6 Å². The second kappa shape index (κ2) is 3.99. The average molecular weight is 235 g/mol. The van der Waals surface area contributed by atoms with E-state index in [-0.39, 0.29) is 16.8 Å². The Labute approximate surface area is 86.6 Å². The summed E-state index contributed by atoms with van der Waals surface area (Å²) in [6.07, 6.45) is -2.90. The van der Waals surface area contributed by atoms with Crippen LogP contribution in [0.5, 0.6) is 5.75 Å². The number of hydrogen-bond acceptors (Lipinski definition) is 3. The smallest absolute Gasteiger partial charge is 0.387 e. The highest BCUT2D eigenvalue weighted by Gasteiger charge is 2.19. The number of aromatic nitrogens is 1. The van der Waals surface area contributed by atoms with Crippen molar-refractivity contribution in [1.29, 1.82) is 0 Å². The molecule has 1 heterocycles. The van der Waals surface area contributed by atoms with Crippen molar-refractivity contribution in [3.8, 4) is 5.75 Å². The number of halogens is 4. The Morgan fingerprint density at radius 2 is 1.94 bits per heavy atom. The van der Waals surface area contributed by atoms with Crippen LogP contribution in [0, 0.1) is 0 Å². The average Bonchev–Trinajstić information content (AvgIpc) is 2.61. The normalized spacial score (nSPS) is 11.6. The zero-order chi connectivity index (χ0) is 11.7. The lowest BCUT2D eigenvalue weighted by molar-refractivity contribution is -0.0489. The first-order valence-corrected chi connectivity index (χ1v) is 4.20. The molecule has 0 radical (unpaired) electrons. The fourth-order valence-electron chi connectivity index (χ4n) is 1.22. The van der Waals surface area contributed by atoms with Gasteiger partial charge in [0.25, 0.3) is 5.89 Å². The molecule has 0 N–H and O–H groups in total. The maximum absolute atomic E-state index is 12.3. The SMILES string of the molecule is FC(F)Oc1cccc2oc(C(F)F)nc12. The summed E-state index contributed by atoms with van der Waals surface area (Å²) in [6, 6.07) is 3.89. The van der Waals surface area contributed by atoms with Gasteiger partial charge in [0.05, 0.1) is 0 Å². The first kappa shape index (κ1) is 10.7. The van der Waals surface area contributed by atoms with E-state index in [0.717, 1.165) is 0 Å². The minimum Gasteiger partial charge on any atom is -0.435 e. The fraction of sp³-hybridized carbons (Fsp3) is 0.222. The summed E-state index contributed by atoms with van der Waals surface area (Å²) in [7, 11) is 0. The Morgan fingerprint density at radius 3 is 2.56 bits per heavy atom. The van der Waals surface area contributed by atoms with Crippen LogP contribution < -0.4 is 4.74 Å². The van der Waals surface area contributed by atoms with Gasteiger partial charge >= 0.3 is 13.0 Å². The van der Waals surface area contributed by atoms with Crippen LogP contribution in [-0.2, 0) is 0 Å². The van der Waals surface area contributed by atoms with E-state index < -0.39 is 18.9 Å². The van der Waals surface area contributed by atoms with Gasteiger partial charge in [0, 0.05) is 0 Å². The summed E-state index contributed by atoms with van der Waals surface area (Å²) in [4.78, 5) is 3.39. The highest BCUT2D eigenvalue weighted by atomic mass is 19.3. The molecule has 1 aromatic heterocycles. The molecule has 0 aliphatic carbocycles. The van der Waals surface area contributed by atoms with Crippen molar-refractivity contribution in [2.75, 3.05) is 0 Å². The molecule has 2 aromatic rings. The second-order valence-corrected chi connectivity index (χ2v) is 2.83. The molecule has 0 atom stereocenters. The minimum absolute atomic E-state index is 0.0200. The molecule has 0 amide bonds. The van der Waals surface area contributed by atoms with E-state index in [1.807, 2.05) is 0 Å². The Kier molecular flexibility index (Phi) is 2.67. The van der Waals surface area contributed by atoms with Gasteiger partial charge < -0.3 is 9.15 Å². The van der Waals surface area contributed by atoms with E-state index in [2.05, 4.69) is 14.1 Å². The Balaban J connectivity index is 2.50. The van der Waals surface area contributed by atoms with E-state index in [1.165, 1.54) is 18.2 Å². The maximum Gasteiger partial charge on any atom is 0.387 e. The van der Waals surface area contributed by atoms with Crippen LogP contribution in [0.1, 0.15) is 12.3 Å². The Hall–Kier alpha value is -1.79. The van der Waals surface area contributed by atoms with Crippen molar-refractivity contribution in [1.82, 2.24) is 4.98 Å². The topological polar surface area (TPSA) is 35.3 Å². The van der Waals surface area contributed by atoms with E-state index in [0.29, 0.717) is 0 Å². The number of hydrogen-bond donors (Lipinski definition) is 0. The van der Waals surface area contributed by atoms with Crippen molar-refractivity contribution in [2.24, 2.45) is 0 Å². The standard InChI is InChI=1S/C9H5F4NO2/c10-7(11)8-14-6-4(15-8)2-1-3-5(6)16-9(12)13/h1-3,7,9H. The number of ether oxygens (including phenoxy) is 1. The predicted molar refractivity (Wildman–Crippen MR) is 45.6 cm³/mol. The zero-order valence-electron chi connectivity index (χ0n) is 7.66. The molecule has 0 aliphatic rings. The molecule has 0 aliphatic heterocycles. The molecule has 0 fully saturated rings. The largest absolute Gasteiger partial charge is 0.435 e. The molecule has 16 heavy (non-hydrogen) atoms. The molecule has 3 nitrogen and oxygen atoms in total. The quantitative estimate of drug-likeness (QED) is 0.765. The Morgan fingerprint density at radius 1 is 1.19 bits per heavy atom. The van der Waals surface area contributed by atoms with Crippen LogP contribution in [-0.4, -0.2) is 11.6 Å². The molecular weight excluding hydrogens is 230 g/mol. The molecule has 1 aromatic carbocycles. The number of para-hydroxylation sites is 1. The summed E-state index contributed by atoms with van der Waals surface area (Å²) in [5.41, 5.74) is -0.161. The number of rotatable bonds is 3. The highest BCUT2D eigenvalue weighted by molar-refractivity contribution is 5.79. The first-order valence-electron chi connectivity index (χ1n) is 4.20. The third kappa shape index (κ3) is 1.93. The lowest BCUT2D eigenvalue weighted by atomic mass is 10.3. The summed E-state index contributed by atoms with van der Waals surface area (Å²) < 4.78 is 57.3. The van der Waals surface area contributed by atoms with Gasteiger partial charge in [0.2, 0.25) is 0 Å². The summed E-state index contributed by atoms with van der Waals surface area (Å²) in [5.74, 6) is -1.11. The molecule has 2 rings (SSSR count). The van der Waals surface area contributed by atoms with Gasteiger partial charge in [-0.2, -0.15) is 17.6 Å². The molecule has 0 spiro atoms. The van der Waals surface area contributed by atoms with Gasteiger partial charge in [-0.25, -0.2) is 4.98 Å². The molecule has 7 heteroatoms. The second-order valence-electron chi connectivity index (χ2n) is 2.83. The van der Waals surface area contributed by atoms with E-state index >= 15 is 0 Å². The molecule has 0 unspecified atom stereocenters. The fourth-order valence-corrected chi connectivity index (χ4v) is 1.22. The summed E-state index contributed by atoms with van der Waals surface area (Å²) >= 11 is 0. The zero-order valence-corrected chi connectivity index (χ0v) is 7.66. The highest BCUT2D eigenvalue weighted by Crippen LogP contribution is 2.30. The van der Waals surface area contributed by atoms with Crippen LogP contribution in [0.2, 0.25) is 0 Å². The number of fused-ring (bicyclic) bond motifs is 1. The van der Waals surface area contributed by atoms with Crippen molar-refractivity contribution in [3.63, 3.8) is 0 Å². The van der Waals surface area contributed by atoms with E-state index in [1.54, 1.807) is 0 Å². The minimum atomic E-state index is -3.04. The van der Waals surface area contributed by atoms with E-state index in [9.17, 15) is 17.6 Å². The van der Waals surface area contributed by atoms with Gasteiger partial charge in [-0.3, -0.25) is 0 Å². The van der Waals surface area contributed by atoms with Crippen molar-refractivity contribution >= 4 is 11.1 Å². The number of nitrogens with zero attached hydrogens (tertiary/aromatic N) is 1.